The standard InChI is InChI=1S/C17H13ClFN3O/c18-14-7-6-13(11-15(14)19)22-9-8-16(21-22)20-17(23)10-12-4-2-1-3-5-12/h1-9,11H,10H2,(H,20,21,23). The van der Waals surface area contributed by atoms with Gasteiger partial charge in [-0.3, -0.25) is 4.79 Å². The Morgan fingerprint density at radius 1 is 1.17 bits per heavy atom. The Bertz CT molecular complexity index is 833. The zero-order chi connectivity index (χ0) is 16.2. The van der Waals surface area contributed by atoms with Crippen LogP contribution in [0.15, 0.2) is 60.8 Å². The summed E-state index contributed by atoms with van der Waals surface area (Å²) < 4.78 is 15.0. The summed E-state index contributed by atoms with van der Waals surface area (Å²) in [4.78, 5) is 12.0. The lowest BCUT2D eigenvalue weighted by atomic mass is 10.1. The Kier molecular flexibility index (Phi) is 4.39. The van der Waals surface area contributed by atoms with Gasteiger partial charge in [0.05, 0.1) is 17.1 Å². The average molecular weight is 330 g/mol. The van der Waals surface area contributed by atoms with Crippen molar-refractivity contribution in [3.05, 3.63) is 77.2 Å². The summed E-state index contributed by atoms with van der Waals surface area (Å²) >= 11 is 5.66. The van der Waals surface area contributed by atoms with Crippen LogP contribution >= 0.6 is 11.6 Å². The van der Waals surface area contributed by atoms with E-state index in [1.807, 2.05) is 30.3 Å². The molecule has 23 heavy (non-hydrogen) atoms. The van der Waals surface area contributed by atoms with E-state index >= 15 is 0 Å². The van der Waals surface area contributed by atoms with Crippen LogP contribution in [0.25, 0.3) is 5.69 Å². The highest BCUT2D eigenvalue weighted by Gasteiger charge is 2.08. The number of halogens is 2. The van der Waals surface area contributed by atoms with Gasteiger partial charge >= 0.3 is 0 Å². The first-order chi connectivity index (χ1) is 11.1. The van der Waals surface area contributed by atoms with Crippen LogP contribution in [0.3, 0.4) is 0 Å². The number of carbonyl (C=O) groups is 1. The minimum absolute atomic E-state index is 0.0530. The number of anilines is 1. The molecule has 2 aromatic carbocycles. The number of hydrogen-bond donors (Lipinski definition) is 1. The molecule has 116 valence electrons. The molecule has 0 spiro atoms. The van der Waals surface area contributed by atoms with Gasteiger partial charge in [-0.15, -0.1) is 0 Å². The Morgan fingerprint density at radius 2 is 1.96 bits per heavy atom. The van der Waals surface area contributed by atoms with E-state index in [-0.39, 0.29) is 17.4 Å². The number of aromatic nitrogens is 2. The van der Waals surface area contributed by atoms with Crippen molar-refractivity contribution in [2.24, 2.45) is 0 Å². The number of nitrogens with one attached hydrogen (secondary N) is 1. The van der Waals surface area contributed by atoms with Crippen molar-refractivity contribution < 1.29 is 9.18 Å². The van der Waals surface area contributed by atoms with Crippen LogP contribution in [0.2, 0.25) is 5.02 Å². The van der Waals surface area contributed by atoms with Gasteiger partial charge < -0.3 is 5.32 Å². The van der Waals surface area contributed by atoms with Crippen molar-refractivity contribution in [2.75, 3.05) is 5.32 Å². The van der Waals surface area contributed by atoms with Crippen molar-refractivity contribution in [1.29, 1.82) is 0 Å². The Labute approximate surface area is 137 Å². The second kappa shape index (κ2) is 6.62. The summed E-state index contributed by atoms with van der Waals surface area (Å²) in [5.41, 5.74) is 1.44. The third-order valence-corrected chi connectivity index (χ3v) is 3.54. The predicted molar refractivity (Wildman–Crippen MR) is 87.3 cm³/mol. The summed E-state index contributed by atoms with van der Waals surface area (Å²) in [7, 11) is 0. The second-order valence-corrected chi connectivity index (χ2v) is 5.36. The SMILES string of the molecule is O=C(Cc1ccccc1)Nc1ccn(-c2ccc(Cl)c(F)c2)n1. The van der Waals surface area contributed by atoms with Gasteiger partial charge in [0.15, 0.2) is 5.82 Å². The van der Waals surface area contributed by atoms with E-state index in [0.29, 0.717) is 11.5 Å². The van der Waals surface area contributed by atoms with Crippen LogP contribution in [0.1, 0.15) is 5.56 Å². The van der Waals surface area contributed by atoms with Crippen LogP contribution in [0.4, 0.5) is 10.2 Å². The molecule has 0 atom stereocenters. The molecule has 1 N–H and O–H groups in total. The summed E-state index contributed by atoms with van der Waals surface area (Å²) in [6.07, 6.45) is 1.91. The van der Waals surface area contributed by atoms with Crippen molar-refractivity contribution in [3.63, 3.8) is 0 Å². The molecular weight excluding hydrogens is 317 g/mol. The Morgan fingerprint density at radius 3 is 2.70 bits per heavy atom. The van der Waals surface area contributed by atoms with E-state index < -0.39 is 5.82 Å². The van der Waals surface area contributed by atoms with E-state index in [0.717, 1.165) is 5.56 Å². The number of rotatable bonds is 4. The molecule has 0 aliphatic carbocycles. The smallest absolute Gasteiger partial charge is 0.229 e. The number of nitrogens with zero attached hydrogens (tertiary/aromatic N) is 2. The van der Waals surface area contributed by atoms with Gasteiger partial charge in [-0.2, -0.15) is 5.10 Å². The van der Waals surface area contributed by atoms with E-state index in [2.05, 4.69) is 10.4 Å². The molecule has 1 amide bonds. The van der Waals surface area contributed by atoms with Gasteiger partial charge in [0.1, 0.15) is 5.82 Å². The summed E-state index contributed by atoms with van der Waals surface area (Å²) in [5.74, 6) is -0.278. The average Bonchev–Trinajstić information content (AvgIpc) is 2.99. The predicted octanol–water partition coefficient (Wildman–Crippen LogP) is 3.85. The molecule has 0 unspecified atom stereocenters. The topological polar surface area (TPSA) is 46.9 Å². The summed E-state index contributed by atoms with van der Waals surface area (Å²) in [6, 6.07) is 15.5. The first-order valence-electron chi connectivity index (χ1n) is 6.97. The number of hydrogen-bond acceptors (Lipinski definition) is 2. The van der Waals surface area contributed by atoms with Crippen molar-refractivity contribution in [1.82, 2.24) is 9.78 Å². The van der Waals surface area contributed by atoms with Crippen LogP contribution < -0.4 is 5.32 Å². The molecule has 0 aliphatic rings. The lowest BCUT2D eigenvalue weighted by Gasteiger charge is -2.04. The fraction of sp³-hybridized carbons (Fsp3) is 0.0588. The van der Waals surface area contributed by atoms with E-state index in [1.165, 1.54) is 16.8 Å². The molecule has 0 radical (unpaired) electrons. The molecule has 3 aromatic rings. The minimum Gasteiger partial charge on any atom is -0.309 e. The number of carbonyl (C=O) groups excluding carboxylic acids is 1. The van der Waals surface area contributed by atoms with Crippen LogP contribution in [-0.4, -0.2) is 15.7 Å². The largest absolute Gasteiger partial charge is 0.309 e. The third kappa shape index (κ3) is 3.76. The van der Waals surface area contributed by atoms with Crippen LogP contribution in [-0.2, 0) is 11.2 Å². The van der Waals surface area contributed by atoms with Crippen molar-refractivity contribution >= 4 is 23.3 Å². The normalized spacial score (nSPS) is 10.5. The van der Waals surface area contributed by atoms with Crippen molar-refractivity contribution in [2.45, 2.75) is 6.42 Å². The summed E-state index contributed by atoms with van der Waals surface area (Å²) in [6.45, 7) is 0. The molecule has 6 heteroatoms. The Balaban J connectivity index is 1.69. The molecule has 1 aromatic heterocycles. The zero-order valence-corrected chi connectivity index (χ0v) is 12.8. The highest BCUT2D eigenvalue weighted by Crippen LogP contribution is 2.18. The first-order valence-corrected chi connectivity index (χ1v) is 7.34. The number of benzene rings is 2. The lowest BCUT2D eigenvalue weighted by molar-refractivity contribution is -0.115. The zero-order valence-electron chi connectivity index (χ0n) is 12.0. The molecule has 0 saturated carbocycles. The molecule has 4 nitrogen and oxygen atoms in total. The summed E-state index contributed by atoms with van der Waals surface area (Å²) in [5, 5.41) is 6.98. The van der Waals surface area contributed by atoms with Gasteiger partial charge in [-0.1, -0.05) is 41.9 Å². The van der Waals surface area contributed by atoms with E-state index in [9.17, 15) is 9.18 Å². The van der Waals surface area contributed by atoms with E-state index in [4.69, 9.17) is 11.6 Å². The van der Waals surface area contributed by atoms with Gasteiger partial charge in [0.25, 0.3) is 0 Å². The molecule has 0 bridgehead atoms. The number of amides is 1. The van der Waals surface area contributed by atoms with Gasteiger partial charge in [-0.05, 0) is 17.7 Å². The molecular formula is C17H13ClFN3O. The molecule has 0 fully saturated rings. The molecule has 3 rings (SSSR count). The third-order valence-electron chi connectivity index (χ3n) is 3.23. The van der Waals surface area contributed by atoms with E-state index in [1.54, 1.807) is 18.3 Å². The van der Waals surface area contributed by atoms with Crippen molar-refractivity contribution in [3.8, 4) is 5.69 Å². The first kappa shape index (κ1) is 15.2. The monoisotopic (exact) mass is 329 g/mol. The van der Waals surface area contributed by atoms with Crippen LogP contribution in [0.5, 0.6) is 0 Å². The van der Waals surface area contributed by atoms with Gasteiger partial charge in [0, 0.05) is 18.3 Å². The van der Waals surface area contributed by atoms with Gasteiger partial charge in [-0.25, -0.2) is 9.07 Å². The van der Waals surface area contributed by atoms with Crippen LogP contribution in [0, 0.1) is 5.82 Å². The molecule has 0 saturated heterocycles. The highest BCUT2D eigenvalue weighted by molar-refractivity contribution is 6.30. The Hall–Kier alpha value is -2.66. The maximum atomic E-state index is 13.5. The molecule has 0 aliphatic heterocycles. The highest BCUT2D eigenvalue weighted by atomic mass is 35.5. The fourth-order valence-corrected chi connectivity index (χ4v) is 2.25. The minimum atomic E-state index is -0.519. The quantitative estimate of drug-likeness (QED) is 0.790. The molecule has 1 heterocycles. The second-order valence-electron chi connectivity index (χ2n) is 4.95. The van der Waals surface area contributed by atoms with Gasteiger partial charge in [0.2, 0.25) is 5.91 Å². The lowest BCUT2D eigenvalue weighted by Crippen LogP contribution is -2.15. The maximum Gasteiger partial charge on any atom is 0.229 e. The maximum absolute atomic E-state index is 13.5. The fourth-order valence-electron chi connectivity index (χ4n) is 2.13.